The third-order valence-electron chi connectivity index (χ3n) is 6.49. The van der Waals surface area contributed by atoms with Gasteiger partial charge in [0.05, 0.1) is 26.0 Å². The molecule has 34 heavy (non-hydrogen) atoms. The van der Waals surface area contributed by atoms with Gasteiger partial charge in [-0.05, 0) is 36.2 Å². The Bertz CT molecular complexity index is 1200. The van der Waals surface area contributed by atoms with Crippen LogP contribution in [0.1, 0.15) is 43.8 Å². The van der Waals surface area contributed by atoms with E-state index < -0.39 is 0 Å². The van der Waals surface area contributed by atoms with Crippen molar-refractivity contribution in [3.63, 3.8) is 0 Å². The van der Waals surface area contributed by atoms with Crippen molar-refractivity contribution in [3.8, 4) is 5.75 Å². The molecule has 0 N–H and O–H groups in total. The standard InChI is InChI=1S/C25H27N5O4/c1-17-14-19(33-2)8-9-20(17)24(31)28-10-12-29(13-11-28)25(32)23-21-16-34-22(15-30(21)27-26-23)18-6-4-3-5-7-18/h3-9,14,22H,10-13,15-16H2,1-2H3. The highest BCUT2D eigenvalue weighted by atomic mass is 16.5. The van der Waals surface area contributed by atoms with Crippen molar-refractivity contribution in [2.24, 2.45) is 0 Å². The number of aryl methyl sites for hydroxylation is 1. The zero-order chi connectivity index (χ0) is 23.7. The van der Waals surface area contributed by atoms with Crippen molar-refractivity contribution < 1.29 is 19.1 Å². The van der Waals surface area contributed by atoms with E-state index in [1.54, 1.807) is 33.7 Å². The summed E-state index contributed by atoms with van der Waals surface area (Å²) in [7, 11) is 1.60. The number of piperazine rings is 1. The van der Waals surface area contributed by atoms with E-state index in [9.17, 15) is 9.59 Å². The fourth-order valence-corrected chi connectivity index (χ4v) is 4.48. The predicted octanol–water partition coefficient (Wildman–Crippen LogP) is 2.46. The second-order valence-corrected chi connectivity index (χ2v) is 8.54. The first-order valence-electron chi connectivity index (χ1n) is 11.4. The fraction of sp³-hybridized carbons (Fsp3) is 0.360. The zero-order valence-electron chi connectivity index (χ0n) is 19.3. The summed E-state index contributed by atoms with van der Waals surface area (Å²) in [5.41, 5.74) is 3.62. The molecule has 3 aromatic rings. The van der Waals surface area contributed by atoms with Gasteiger partial charge in [-0.1, -0.05) is 35.5 Å². The number of hydrogen-bond donors (Lipinski definition) is 0. The van der Waals surface area contributed by atoms with E-state index in [1.165, 1.54) is 0 Å². The smallest absolute Gasteiger partial charge is 0.276 e. The second-order valence-electron chi connectivity index (χ2n) is 8.54. The zero-order valence-corrected chi connectivity index (χ0v) is 19.3. The van der Waals surface area contributed by atoms with Gasteiger partial charge in [0, 0.05) is 31.7 Å². The topological polar surface area (TPSA) is 89.8 Å². The van der Waals surface area contributed by atoms with Gasteiger partial charge in [0.15, 0.2) is 5.69 Å². The molecule has 176 valence electrons. The number of carbonyl (C=O) groups is 2. The summed E-state index contributed by atoms with van der Waals surface area (Å²) in [5.74, 6) is 0.518. The van der Waals surface area contributed by atoms with Crippen molar-refractivity contribution in [2.75, 3.05) is 33.3 Å². The minimum absolute atomic E-state index is 0.0337. The Morgan fingerprint density at radius 1 is 1.00 bits per heavy atom. The number of hydrogen-bond acceptors (Lipinski definition) is 6. The molecule has 2 aliphatic rings. The third kappa shape index (κ3) is 4.14. The summed E-state index contributed by atoms with van der Waals surface area (Å²) < 4.78 is 13.0. The van der Waals surface area contributed by atoms with E-state index in [2.05, 4.69) is 10.3 Å². The molecule has 1 unspecified atom stereocenters. The fourth-order valence-electron chi connectivity index (χ4n) is 4.48. The lowest BCUT2D eigenvalue weighted by Gasteiger charge is -2.35. The van der Waals surface area contributed by atoms with E-state index in [0.717, 1.165) is 16.9 Å². The van der Waals surface area contributed by atoms with Crippen LogP contribution in [0.2, 0.25) is 0 Å². The van der Waals surface area contributed by atoms with Gasteiger partial charge in [0.2, 0.25) is 0 Å². The molecule has 0 spiro atoms. The predicted molar refractivity (Wildman–Crippen MR) is 124 cm³/mol. The lowest BCUT2D eigenvalue weighted by Crippen LogP contribution is -2.51. The average molecular weight is 462 g/mol. The van der Waals surface area contributed by atoms with Crippen LogP contribution in [0.3, 0.4) is 0 Å². The Morgan fingerprint density at radius 3 is 2.38 bits per heavy atom. The van der Waals surface area contributed by atoms with Gasteiger partial charge >= 0.3 is 0 Å². The SMILES string of the molecule is COc1ccc(C(=O)N2CCN(C(=O)c3nnn4c3COC(c3ccccc3)C4)CC2)c(C)c1. The number of fused-ring (bicyclic) bond motifs is 1. The molecule has 2 aromatic carbocycles. The molecular weight excluding hydrogens is 434 g/mol. The van der Waals surface area contributed by atoms with E-state index >= 15 is 0 Å². The number of ether oxygens (including phenoxy) is 2. The normalized spacial score (nSPS) is 17.9. The maximum absolute atomic E-state index is 13.2. The molecule has 1 aromatic heterocycles. The summed E-state index contributed by atoms with van der Waals surface area (Å²) in [6.07, 6.45) is -0.116. The van der Waals surface area contributed by atoms with Gasteiger partial charge in [-0.25, -0.2) is 4.68 Å². The van der Waals surface area contributed by atoms with E-state index in [1.807, 2.05) is 43.3 Å². The maximum Gasteiger partial charge on any atom is 0.276 e. The molecule has 3 heterocycles. The summed E-state index contributed by atoms with van der Waals surface area (Å²) in [6.45, 7) is 4.51. The number of benzene rings is 2. The first-order valence-corrected chi connectivity index (χ1v) is 11.4. The first kappa shape index (κ1) is 22.1. The van der Waals surface area contributed by atoms with Crippen LogP contribution in [0.4, 0.5) is 0 Å². The molecule has 9 heteroatoms. The monoisotopic (exact) mass is 461 g/mol. The van der Waals surface area contributed by atoms with Crippen molar-refractivity contribution in [2.45, 2.75) is 26.2 Å². The van der Waals surface area contributed by atoms with Crippen LogP contribution in [0.5, 0.6) is 5.75 Å². The Morgan fingerprint density at radius 2 is 1.71 bits per heavy atom. The van der Waals surface area contributed by atoms with E-state index in [4.69, 9.17) is 9.47 Å². The molecule has 0 saturated carbocycles. The van der Waals surface area contributed by atoms with Crippen LogP contribution < -0.4 is 4.74 Å². The quantitative estimate of drug-likeness (QED) is 0.593. The van der Waals surface area contributed by atoms with E-state index in [-0.39, 0.29) is 24.5 Å². The van der Waals surface area contributed by atoms with E-state index in [0.29, 0.717) is 49.7 Å². The third-order valence-corrected chi connectivity index (χ3v) is 6.49. The maximum atomic E-state index is 13.2. The van der Waals surface area contributed by atoms with Crippen molar-refractivity contribution in [3.05, 3.63) is 76.6 Å². The minimum atomic E-state index is -0.171. The minimum Gasteiger partial charge on any atom is -0.497 e. The van der Waals surface area contributed by atoms with Gasteiger partial charge in [0.25, 0.3) is 11.8 Å². The largest absolute Gasteiger partial charge is 0.497 e. The van der Waals surface area contributed by atoms with Gasteiger partial charge in [-0.3, -0.25) is 9.59 Å². The summed E-state index contributed by atoms with van der Waals surface area (Å²) >= 11 is 0. The average Bonchev–Trinajstić information content (AvgIpc) is 3.31. The number of nitrogens with zero attached hydrogens (tertiary/aromatic N) is 5. The Labute approximate surface area is 197 Å². The molecule has 2 aliphatic heterocycles. The van der Waals surface area contributed by atoms with Gasteiger partial charge in [-0.15, -0.1) is 5.10 Å². The molecule has 1 atom stereocenters. The molecular formula is C25H27N5O4. The molecule has 0 radical (unpaired) electrons. The van der Waals surface area contributed by atoms with Crippen molar-refractivity contribution in [1.29, 1.82) is 0 Å². The van der Waals surface area contributed by atoms with Crippen molar-refractivity contribution in [1.82, 2.24) is 24.8 Å². The van der Waals surface area contributed by atoms with Gasteiger partial charge in [-0.2, -0.15) is 0 Å². The number of methoxy groups -OCH3 is 1. The molecule has 1 saturated heterocycles. The highest BCUT2D eigenvalue weighted by molar-refractivity contribution is 5.96. The first-order chi connectivity index (χ1) is 16.5. The highest BCUT2D eigenvalue weighted by Crippen LogP contribution is 2.27. The van der Waals surface area contributed by atoms with Crippen LogP contribution in [0.15, 0.2) is 48.5 Å². The number of amides is 2. The van der Waals surface area contributed by atoms with Crippen LogP contribution in [0.25, 0.3) is 0 Å². The van der Waals surface area contributed by atoms with Gasteiger partial charge < -0.3 is 19.3 Å². The van der Waals surface area contributed by atoms with Crippen LogP contribution in [-0.4, -0.2) is 69.9 Å². The number of rotatable bonds is 4. The summed E-state index contributed by atoms with van der Waals surface area (Å²) in [4.78, 5) is 29.7. The molecule has 0 aliphatic carbocycles. The van der Waals surface area contributed by atoms with Crippen LogP contribution in [0, 0.1) is 6.92 Å². The lowest BCUT2D eigenvalue weighted by atomic mass is 10.1. The highest BCUT2D eigenvalue weighted by Gasteiger charge is 2.32. The van der Waals surface area contributed by atoms with Crippen molar-refractivity contribution >= 4 is 11.8 Å². The lowest BCUT2D eigenvalue weighted by molar-refractivity contribution is -0.00202. The molecule has 0 bridgehead atoms. The Kier molecular flexibility index (Phi) is 6.02. The second kappa shape index (κ2) is 9.26. The Hall–Kier alpha value is -3.72. The molecule has 1 fully saturated rings. The number of carbonyl (C=O) groups excluding carboxylic acids is 2. The molecule has 2 amide bonds. The van der Waals surface area contributed by atoms with Gasteiger partial charge in [0.1, 0.15) is 11.9 Å². The summed E-state index contributed by atoms with van der Waals surface area (Å²) in [5, 5.41) is 8.40. The Balaban J connectivity index is 1.22. The molecule has 5 rings (SSSR count). The van der Waals surface area contributed by atoms with Crippen LogP contribution >= 0.6 is 0 Å². The number of aromatic nitrogens is 3. The molecule has 9 nitrogen and oxygen atoms in total. The van der Waals surface area contributed by atoms with Crippen LogP contribution in [-0.2, 0) is 17.9 Å². The summed E-state index contributed by atoms with van der Waals surface area (Å²) in [6, 6.07) is 15.4.